The first-order valence-electron chi connectivity index (χ1n) is 8.69. The van der Waals surface area contributed by atoms with Crippen LogP contribution in [0.15, 0.2) is 65.5 Å². The molecule has 0 aliphatic rings. The number of carbonyl (C=O) groups is 1. The number of ether oxygens (including phenoxy) is 1. The van der Waals surface area contributed by atoms with Crippen LogP contribution in [0.3, 0.4) is 0 Å². The molecule has 1 N–H and O–H groups in total. The fourth-order valence-corrected chi connectivity index (χ4v) is 3.71. The van der Waals surface area contributed by atoms with Crippen LogP contribution in [-0.2, 0) is 11.3 Å². The van der Waals surface area contributed by atoms with Gasteiger partial charge in [0.05, 0.1) is 17.3 Å². The zero-order valence-corrected chi connectivity index (χ0v) is 16.6. The quantitative estimate of drug-likeness (QED) is 0.512. The van der Waals surface area contributed by atoms with E-state index in [1.165, 1.54) is 21.9 Å². The van der Waals surface area contributed by atoms with Crippen LogP contribution in [0.25, 0.3) is 15.5 Å². The normalized spacial score (nSPS) is 10.8. The Morgan fingerprint density at radius 1 is 1.14 bits per heavy atom. The highest BCUT2D eigenvalue weighted by molar-refractivity contribution is 7.19. The molecule has 4 rings (SSSR count). The van der Waals surface area contributed by atoms with Crippen molar-refractivity contribution < 1.29 is 9.53 Å². The van der Waals surface area contributed by atoms with E-state index in [0.29, 0.717) is 26.4 Å². The summed E-state index contributed by atoms with van der Waals surface area (Å²) in [4.78, 5) is 29.3. The molecule has 0 saturated heterocycles. The van der Waals surface area contributed by atoms with Gasteiger partial charge >= 0.3 is 0 Å². The minimum absolute atomic E-state index is 0.106. The molecule has 0 atom stereocenters. The van der Waals surface area contributed by atoms with Crippen molar-refractivity contribution in [3.8, 4) is 16.3 Å². The second-order valence-electron chi connectivity index (χ2n) is 6.05. The van der Waals surface area contributed by atoms with Crippen LogP contribution in [0.1, 0.15) is 5.69 Å². The maximum absolute atomic E-state index is 12.4. The predicted molar refractivity (Wildman–Crippen MR) is 111 cm³/mol. The van der Waals surface area contributed by atoms with E-state index in [2.05, 4.69) is 15.4 Å². The van der Waals surface area contributed by atoms with E-state index in [0.717, 1.165) is 5.56 Å². The first-order chi connectivity index (χ1) is 14.1. The van der Waals surface area contributed by atoms with Gasteiger partial charge in [-0.25, -0.2) is 4.98 Å². The van der Waals surface area contributed by atoms with E-state index >= 15 is 0 Å². The van der Waals surface area contributed by atoms with Crippen LogP contribution in [0, 0.1) is 0 Å². The molecule has 0 spiro atoms. The fourth-order valence-electron chi connectivity index (χ4n) is 2.59. The van der Waals surface area contributed by atoms with Gasteiger partial charge in [-0.05, 0) is 12.1 Å². The lowest BCUT2D eigenvalue weighted by Crippen LogP contribution is -2.29. The summed E-state index contributed by atoms with van der Waals surface area (Å²) in [7, 11) is 0. The van der Waals surface area contributed by atoms with Gasteiger partial charge in [-0.3, -0.25) is 9.59 Å². The number of hydrogen-bond donors (Lipinski definition) is 1. The number of aromatic nitrogens is 3. The number of nitrogens with one attached hydrogen (secondary N) is 1. The van der Waals surface area contributed by atoms with E-state index < -0.39 is 0 Å². The molecule has 0 aliphatic heterocycles. The molecule has 2 aromatic heterocycles. The zero-order chi connectivity index (χ0) is 20.2. The van der Waals surface area contributed by atoms with E-state index in [-0.39, 0.29) is 24.6 Å². The summed E-state index contributed by atoms with van der Waals surface area (Å²) in [5.41, 5.74) is 1.06. The Morgan fingerprint density at radius 3 is 2.69 bits per heavy atom. The smallest absolute Gasteiger partial charge is 0.275 e. The number of carbonyl (C=O) groups excluding carboxylic acids is 1. The summed E-state index contributed by atoms with van der Waals surface area (Å²) >= 11 is 7.30. The Balaban J connectivity index is 1.43. The number of nitrogens with zero attached hydrogens (tertiary/aromatic N) is 3. The highest BCUT2D eigenvalue weighted by Crippen LogP contribution is 2.24. The average molecular weight is 427 g/mol. The van der Waals surface area contributed by atoms with Crippen molar-refractivity contribution in [2.75, 3.05) is 6.61 Å². The third-order valence-corrected chi connectivity index (χ3v) is 5.25. The van der Waals surface area contributed by atoms with Gasteiger partial charge in [0.15, 0.2) is 6.61 Å². The summed E-state index contributed by atoms with van der Waals surface area (Å²) in [6.45, 7) is -0.0846. The standard InChI is InChI=1S/C20H15ClN4O3S/c21-15-8-4-5-9-16(15)28-12-17(26)22-11-14-10-18(27)25-20(23-14)29-19(24-25)13-6-2-1-3-7-13/h1-10H,11-12H2,(H,22,26). The van der Waals surface area contributed by atoms with Gasteiger partial charge < -0.3 is 10.1 Å². The number of fused-ring (bicyclic) bond motifs is 1. The fraction of sp³-hybridized carbons (Fsp3) is 0.100. The van der Waals surface area contributed by atoms with Crippen molar-refractivity contribution in [2.24, 2.45) is 0 Å². The largest absolute Gasteiger partial charge is 0.482 e. The molecule has 4 aromatic rings. The zero-order valence-electron chi connectivity index (χ0n) is 15.0. The molecule has 146 valence electrons. The molecule has 1 amide bonds. The number of hydrogen-bond acceptors (Lipinski definition) is 6. The molecule has 0 aliphatic carbocycles. The van der Waals surface area contributed by atoms with Crippen molar-refractivity contribution in [2.45, 2.75) is 6.54 Å². The molecular weight excluding hydrogens is 412 g/mol. The van der Waals surface area contributed by atoms with Crippen molar-refractivity contribution >= 4 is 33.8 Å². The summed E-state index contributed by atoms with van der Waals surface area (Å²) in [6, 6.07) is 17.8. The lowest BCUT2D eigenvalue weighted by molar-refractivity contribution is -0.123. The van der Waals surface area contributed by atoms with Gasteiger partial charge in [0, 0.05) is 11.6 Å². The van der Waals surface area contributed by atoms with Crippen molar-refractivity contribution in [1.82, 2.24) is 19.9 Å². The second-order valence-corrected chi connectivity index (χ2v) is 7.41. The Hall–Kier alpha value is -3.23. The Kier molecular flexibility index (Phi) is 5.55. The molecule has 2 aromatic carbocycles. The van der Waals surface area contributed by atoms with Gasteiger partial charge in [-0.15, -0.1) is 0 Å². The minimum atomic E-state index is -0.346. The highest BCUT2D eigenvalue weighted by atomic mass is 35.5. The Labute approximate surface area is 174 Å². The third kappa shape index (κ3) is 4.44. The Bertz CT molecular complexity index is 1220. The molecular formula is C20H15ClN4O3S. The lowest BCUT2D eigenvalue weighted by Gasteiger charge is -2.08. The molecule has 0 fully saturated rings. The van der Waals surface area contributed by atoms with Crippen molar-refractivity contribution in [1.29, 1.82) is 0 Å². The van der Waals surface area contributed by atoms with Crippen LogP contribution in [0.5, 0.6) is 5.75 Å². The predicted octanol–water partition coefficient (Wildman–Crippen LogP) is 3.17. The monoisotopic (exact) mass is 426 g/mol. The van der Waals surface area contributed by atoms with Gasteiger partial charge in [-0.2, -0.15) is 9.61 Å². The van der Waals surface area contributed by atoms with Crippen LogP contribution in [0.2, 0.25) is 5.02 Å². The van der Waals surface area contributed by atoms with Crippen LogP contribution < -0.4 is 15.6 Å². The second kappa shape index (κ2) is 8.42. The highest BCUT2D eigenvalue weighted by Gasteiger charge is 2.11. The van der Waals surface area contributed by atoms with Crippen LogP contribution in [-0.4, -0.2) is 27.1 Å². The average Bonchev–Trinajstić information content (AvgIpc) is 3.17. The number of benzene rings is 2. The van der Waals surface area contributed by atoms with Crippen molar-refractivity contribution in [3.05, 3.63) is 81.7 Å². The maximum atomic E-state index is 12.4. The summed E-state index contributed by atoms with van der Waals surface area (Å²) in [6.07, 6.45) is 0. The number of para-hydroxylation sites is 1. The molecule has 0 radical (unpaired) electrons. The number of halogens is 1. The maximum Gasteiger partial charge on any atom is 0.275 e. The number of amides is 1. The van der Waals surface area contributed by atoms with E-state index in [1.807, 2.05) is 30.3 Å². The van der Waals surface area contributed by atoms with Gasteiger partial charge in [-0.1, -0.05) is 65.4 Å². The molecule has 0 unspecified atom stereocenters. The lowest BCUT2D eigenvalue weighted by atomic mass is 10.2. The van der Waals surface area contributed by atoms with Gasteiger partial charge in [0.1, 0.15) is 10.8 Å². The van der Waals surface area contributed by atoms with Crippen molar-refractivity contribution in [3.63, 3.8) is 0 Å². The minimum Gasteiger partial charge on any atom is -0.482 e. The topological polar surface area (TPSA) is 85.6 Å². The molecule has 0 bridgehead atoms. The summed E-state index contributed by atoms with van der Waals surface area (Å²) in [5.74, 6) is 0.0846. The SMILES string of the molecule is O=C(COc1ccccc1Cl)NCc1cc(=O)n2nc(-c3ccccc3)sc2n1. The summed E-state index contributed by atoms with van der Waals surface area (Å²) < 4.78 is 6.66. The van der Waals surface area contributed by atoms with Gasteiger partial charge in [0.2, 0.25) is 4.96 Å². The molecule has 29 heavy (non-hydrogen) atoms. The molecule has 2 heterocycles. The molecule has 0 saturated carbocycles. The van der Waals surface area contributed by atoms with Crippen LogP contribution in [0.4, 0.5) is 0 Å². The summed E-state index contributed by atoms with van der Waals surface area (Å²) in [5, 5.41) is 8.15. The van der Waals surface area contributed by atoms with E-state index in [1.54, 1.807) is 24.3 Å². The molecule has 7 nitrogen and oxygen atoms in total. The number of rotatable bonds is 6. The third-order valence-electron chi connectivity index (χ3n) is 3.98. The van der Waals surface area contributed by atoms with E-state index in [9.17, 15) is 9.59 Å². The van der Waals surface area contributed by atoms with Crippen LogP contribution >= 0.6 is 22.9 Å². The molecule has 9 heteroatoms. The van der Waals surface area contributed by atoms with Gasteiger partial charge in [0.25, 0.3) is 11.5 Å². The Morgan fingerprint density at radius 2 is 1.90 bits per heavy atom. The first kappa shape index (κ1) is 19.1. The first-order valence-corrected chi connectivity index (χ1v) is 9.89. The van der Waals surface area contributed by atoms with E-state index in [4.69, 9.17) is 16.3 Å².